The first-order valence-electron chi connectivity index (χ1n) is 8.42. The number of benzene rings is 2. The monoisotopic (exact) mass is 505 g/mol. The minimum Gasteiger partial charge on any atom is -0.356 e. The third kappa shape index (κ3) is 9.18. The molecule has 0 aliphatic heterocycles. The summed E-state index contributed by atoms with van der Waals surface area (Å²) in [5, 5.41) is 6.14. The Labute approximate surface area is 177 Å². The fourth-order valence-corrected chi connectivity index (χ4v) is 3.88. The Balaban J connectivity index is 0.00000364. The normalized spacial score (nSPS) is 11.6. The van der Waals surface area contributed by atoms with Gasteiger partial charge in [0, 0.05) is 20.1 Å². The molecule has 27 heavy (non-hydrogen) atoms. The lowest BCUT2D eigenvalue weighted by Crippen LogP contribution is -2.37. The average Bonchev–Trinajstić information content (AvgIpc) is 2.61. The van der Waals surface area contributed by atoms with Crippen molar-refractivity contribution in [2.24, 2.45) is 4.99 Å². The molecule has 148 valence electrons. The lowest BCUT2D eigenvalue weighted by atomic mass is 10.2. The Hall–Kier alpha value is -1.68. The zero-order valence-corrected chi connectivity index (χ0v) is 18.3. The number of aliphatic imine (C=N–C) groups is 1. The first kappa shape index (κ1) is 23.4. The van der Waals surface area contributed by atoms with Crippen LogP contribution >= 0.6 is 24.0 Å². The summed E-state index contributed by atoms with van der Waals surface area (Å²) in [6.45, 7) is 0.917. The number of rotatable bonds is 8. The third-order valence-electron chi connectivity index (χ3n) is 3.73. The van der Waals surface area contributed by atoms with Gasteiger partial charge in [0.05, 0.1) is 11.5 Å². The molecule has 0 aromatic heterocycles. The van der Waals surface area contributed by atoms with Crippen molar-refractivity contribution in [3.8, 4) is 0 Å². The SMILES string of the molecule is CN=C(NCCCS(=O)(=O)Cc1ccccc1)NCc1cccc(F)c1.I. The highest BCUT2D eigenvalue weighted by Crippen LogP contribution is 2.07. The molecule has 5 nitrogen and oxygen atoms in total. The van der Waals surface area contributed by atoms with Crippen molar-refractivity contribution >= 4 is 39.8 Å². The van der Waals surface area contributed by atoms with Crippen molar-refractivity contribution in [1.29, 1.82) is 0 Å². The van der Waals surface area contributed by atoms with Gasteiger partial charge in [-0.3, -0.25) is 4.99 Å². The van der Waals surface area contributed by atoms with Crippen LogP contribution in [0.15, 0.2) is 59.6 Å². The molecule has 0 heterocycles. The molecule has 0 spiro atoms. The maximum Gasteiger partial charge on any atom is 0.191 e. The molecule has 8 heteroatoms. The van der Waals surface area contributed by atoms with Crippen LogP contribution in [0.4, 0.5) is 4.39 Å². The van der Waals surface area contributed by atoms with Gasteiger partial charge in [0.15, 0.2) is 15.8 Å². The molecule has 0 amide bonds. The largest absolute Gasteiger partial charge is 0.356 e. The van der Waals surface area contributed by atoms with E-state index < -0.39 is 9.84 Å². The summed E-state index contributed by atoms with van der Waals surface area (Å²) in [6.07, 6.45) is 0.482. The van der Waals surface area contributed by atoms with Crippen LogP contribution in [0.25, 0.3) is 0 Å². The first-order chi connectivity index (χ1) is 12.5. The van der Waals surface area contributed by atoms with Gasteiger partial charge in [-0.2, -0.15) is 0 Å². The highest BCUT2D eigenvalue weighted by atomic mass is 127. The van der Waals surface area contributed by atoms with Crippen molar-refractivity contribution in [3.05, 3.63) is 71.5 Å². The molecule has 2 aromatic carbocycles. The van der Waals surface area contributed by atoms with Gasteiger partial charge in [-0.25, -0.2) is 12.8 Å². The highest BCUT2D eigenvalue weighted by molar-refractivity contribution is 14.0. The third-order valence-corrected chi connectivity index (χ3v) is 5.41. The van der Waals surface area contributed by atoms with Gasteiger partial charge < -0.3 is 10.6 Å². The fraction of sp³-hybridized carbons (Fsp3) is 0.316. The van der Waals surface area contributed by atoms with E-state index in [1.807, 2.05) is 36.4 Å². The number of nitrogens with one attached hydrogen (secondary N) is 2. The lowest BCUT2D eigenvalue weighted by Gasteiger charge is -2.12. The smallest absolute Gasteiger partial charge is 0.191 e. The standard InChI is InChI=1S/C19H24FN3O2S.HI/c1-21-19(23-14-17-9-5-10-18(20)13-17)22-11-6-12-26(24,25)15-16-7-3-2-4-8-16;/h2-5,7-10,13H,6,11-12,14-15H2,1H3,(H2,21,22,23);1H. The predicted molar refractivity (Wildman–Crippen MR) is 119 cm³/mol. The summed E-state index contributed by atoms with van der Waals surface area (Å²) in [5.41, 5.74) is 1.60. The molecule has 0 saturated heterocycles. The molecule has 0 saturated carbocycles. The number of nitrogens with zero attached hydrogens (tertiary/aromatic N) is 1. The molecule has 2 N–H and O–H groups in total. The van der Waals surface area contributed by atoms with E-state index in [4.69, 9.17) is 0 Å². The molecular formula is C19H25FIN3O2S. The van der Waals surface area contributed by atoms with Gasteiger partial charge in [0.25, 0.3) is 0 Å². The second-order valence-corrected chi connectivity index (χ2v) is 8.10. The van der Waals surface area contributed by atoms with Crippen LogP contribution in [0, 0.1) is 5.82 Å². The molecule has 0 atom stereocenters. The lowest BCUT2D eigenvalue weighted by molar-refractivity contribution is 0.591. The van der Waals surface area contributed by atoms with Crippen molar-refractivity contribution < 1.29 is 12.8 Å². The second kappa shape index (κ2) is 11.9. The molecule has 0 aliphatic carbocycles. The van der Waals surface area contributed by atoms with E-state index in [9.17, 15) is 12.8 Å². The van der Waals surface area contributed by atoms with Crippen LogP contribution in [-0.4, -0.2) is 33.7 Å². The molecule has 0 bridgehead atoms. The summed E-state index contributed by atoms with van der Waals surface area (Å²) in [4.78, 5) is 4.08. The van der Waals surface area contributed by atoms with Gasteiger partial charge in [0.1, 0.15) is 5.82 Å². The van der Waals surface area contributed by atoms with E-state index in [0.29, 0.717) is 25.5 Å². The molecular weight excluding hydrogens is 480 g/mol. The summed E-state index contributed by atoms with van der Waals surface area (Å²) in [7, 11) is -1.51. The Kier molecular flexibility index (Phi) is 10.3. The fourth-order valence-electron chi connectivity index (χ4n) is 2.45. The number of hydrogen-bond donors (Lipinski definition) is 2. The zero-order valence-electron chi connectivity index (χ0n) is 15.2. The van der Waals surface area contributed by atoms with E-state index in [0.717, 1.165) is 11.1 Å². The van der Waals surface area contributed by atoms with Crippen molar-refractivity contribution in [2.75, 3.05) is 19.3 Å². The molecule has 0 radical (unpaired) electrons. The topological polar surface area (TPSA) is 70.6 Å². The molecule has 0 unspecified atom stereocenters. The molecule has 0 aliphatic rings. The molecule has 0 fully saturated rings. The Morgan fingerprint density at radius 2 is 1.74 bits per heavy atom. The maximum absolute atomic E-state index is 13.2. The molecule has 2 rings (SSSR count). The number of halogens is 2. The highest BCUT2D eigenvalue weighted by Gasteiger charge is 2.11. The number of hydrogen-bond acceptors (Lipinski definition) is 3. The minimum absolute atomic E-state index is 0. The van der Waals surface area contributed by atoms with Crippen LogP contribution in [0.1, 0.15) is 17.5 Å². The maximum atomic E-state index is 13.2. The van der Waals surface area contributed by atoms with E-state index in [-0.39, 0.29) is 41.3 Å². The summed E-state index contributed by atoms with van der Waals surface area (Å²) in [5.74, 6) is 0.432. The van der Waals surface area contributed by atoms with Crippen molar-refractivity contribution in [3.63, 3.8) is 0 Å². The summed E-state index contributed by atoms with van der Waals surface area (Å²) >= 11 is 0. The van der Waals surface area contributed by atoms with Gasteiger partial charge in [-0.05, 0) is 29.7 Å². The number of guanidine groups is 1. The van der Waals surface area contributed by atoms with Crippen molar-refractivity contribution in [2.45, 2.75) is 18.7 Å². The van der Waals surface area contributed by atoms with E-state index in [2.05, 4.69) is 15.6 Å². The van der Waals surface area contributed by atoms with E-state index >= 15 is 0 Å². The predicted octanol–water partition coefficient (Wildman–Crippen LogP) is 3.11. The van der Waals surface area contributed by atoms with Crippen LogP contribution in [-0.2, 0) is 22.1 Å². The van der Waals surface area contributed by atoms with Crippen LogP contribution in [0.3, 0.4) is 0 Å². The van der Waals surface area contributed by atoms with Crippen LogP contribution < -0.4 is 10.6 Å². The Morgan fingerprint density at radius 3 is 2.41 bits per heavy atom. The average molecular weight is 505 g/mol. The zero-order chi connectivity index (χ0) is 18.8. The van der Waals surface area contributed by atoms with E-state index in [1.54, 1.807) is 13.1 Å². The van der Waals surface area contributed by atoms with E-state index in [1.165, 1.54) is 12.1 Å². The quantitative estimate of drug-likeness (QED) is 0.251. The summed E-state index contributed by atoms with van der Waals surface area (Å²) in [6, 6.07) is 15.5. The van der Waals surface area contributed by atoms with Gasteiger partial charge in [0.2, 0.25) is 0 Å². The van der Waals surface area contributed by atoms with Crippen LogP contribution in [0.2, 0.25) is 0 Å². The minimum atomic E-state index is -3.14. The second-order valence-electron chi connectivity index (χ2n) is 5.91. The number of sulfone groups is 1. The Bertz CT molecular complexity index is 830. The summed E-state index contributed by atoms with van der Waals surface area (Å²) < 4.78 is 37.5. The van der Waals surface area contributed by atoms with Gasteiger partial charge in [-0.15, -0.1) is 24.0 Å². The van der Waals surface area contributed by atoms with Crippen molar-refractivity contribution in [1.82, 2.24) is 10.6 Å². The van der Waals surface area contributed by atoms with Gasteiger partial charge in [-0.1, -0.05) is 42.5 Å². The first-order valence-corrected chi connectivity index (χ1v) is 10.2. The molecule has 2 aromatic rings. The van der Waals surface area contributed by atoms with Gasteiger partial charge >= 0.3 is 0 Å². The van der Waals surface area contributed by atoms with Crippen LogP contribution in [0.5, 0.6) is 0 Å². The Morgan fingerprint density at radius 1 is 1.04 bits per heavy atom.